The Hall–Kier alpha value is -2.41. The minimum Gasteiger partial charge on any atom is -0.338 e. The van der Waals surface area contributed by atoms with Gasteiger partial charge in [-0.2, -0.15) is 0 Å². The number of aryl methyl sites for hydroxylation is 1. The van der Waals surface area contributed by atoms with Crippen molar-refractivity contribution in [2.75, 3.05) is 32.0 Å². The third kappa shape index (κ3) is 6.85. The highest BCUT2D eigenvalue weighted by atomic mass is 16.2. The van der Waals surface area contributed by atoms with Crippen molar-refractivity contribution in [3.63, 3.8) is 0 Å². The van der Waals surface area contributed by atoms with E-state index in [0.29, 0.717) is 12.2 Å². The predicted molar refractivity (Wildman–Crippen MR) is 84.5 cm³/mol. The zero-order valence-corrected chi connectivity index (χ0v) is 13.1. The summed E-state index contributed by atoms with van der Waals surface area (Å²) in [6.45, 7) is 4.17. The molecule has 1 aromatic rings. The lowest BCUT2D eigenvalue weighted by Crippen LogP contribution is -2.44. The van der Waals surface area contributed by atoms with Crippen LogP contribution in [-0.2, 0) is 9.59 Å². The average Bonchev–Trinajstić information content (AvgIpc) is 2.40. The van der Waals surface area contributed by atoms with Crippen LogP contribution < -0.4 is 16.0 Å². The monoisotopic (exact) mass is 306 g/mol. The molecule has 7 heteroatoms. The number of hydrogen-bond acceptors (Lipinski definition) is 4. The molecule has 7 nitrogen and oxygen atoms in total. The van der Waals surface area contributed by atoms with E-state index in [4.69, 9.17) is 0 Å². The van der Waals surface area contributed by atoms with Gasteiger partial charge in [-0.25, -0.2) is 4.79 Å². The second-order valence-corrected chi connectivity index (χ2v) is 4.99. The number of amides is 4. The number of carbonyl (C=O) groups excluding carboxylic acids is 3. The van der Waals surface area contributed by atoms with Crippen LogP contribution in [0.25, 0.3) is 0 Å². The van der Waals surface area contributed by atoms with Crippen molar-refractivity contribution in [1.82, 2.24) is 15.5 Å². The molecule has 0 aliphatic carbocycles. The lowest BCUT2D eigenvalue weighted by atomic mass is 10.2. The highest BCUT2D eigenvalue weighted by Crippen LogP contribution is 2.08. The predicted octanol–water partition coefficient (Wildman–Crippen LogP) is 0.711. The van der Waals surface area contributed by atoms with Gasteiger partial charge in [0, 0.05) is 12.2 Å². The first-order chi connectivity index (χ1) is 10.4. The summed E-state index contributed by atoms with van der Waals surface area (Å²) in [7, 11) is 1.63. The molecule has 0 atom stereocenters. The maximum absolute atomic E-state index is 11.9. The molecular formula is C15H22N4O3. The van der Waals surface area contributed by atoms with Crippen molar-refractivity contribution in [3.05, 3.63) is 29.8 Å². The van der Waals surface area contributed by atoms with Gasteiger partial charge < -0.3 is 10.6 Å². The van der Waals surface area contributed by atoms with E-state index in [9.17, 15) is 14.4 Å². The van der Waals surface area contributed by atoms with E-state index in [1.165, 1.54) is 4.90 Å². The van der Waals surface area contributed by atoms with Crippen molar-refractivity contribution in [1.29, 1.82) is 0 Å². The number of carbonyl (C=O) groups is 3. The fourth-order valence-electron chi connectivity index (χ4n) is 1.75. The highest BCUT2D eigenvalue weighted by Gasteiger charge is 2.12. The van der Waals surface area contributed by atoms with E-state index < -0.39 is 11.9 Å². The summed E-state index contributed by atoms with van der Waals surface area (Å²) < 4.78 is 0. The molecule has 0 heterocycles. The van der Waals surface area contributed by atoms with Crippen LogP contribution in [0.1, 0.15) is 12.5 Å². The van der Waals surface area contributed by atoms with Crippen molar-refractivity contribution in [2.24, 2.45) is 0 Å². The van der Waals surface area contributed by atoms with E-state index in [1.54, 1.807) is 14.0 Å². The first-order valence-corrected chi connectivity index (χ1v) is 7.03. The molecule has 4 amide bonds. The van der Waals surface area contributed by atoms with Crippen LogP contribution in [0.2, 0.25) is 0 Å². The van der Waals surface area contributed by atoms with Crippen LogP contribution in [0, 0.1) is 6.92 Å². The Bertz CT molecular complexity index is 528. The minimum absolute atomic E-state index is 0.0432. The number of urea groups is 1. The topological polar surface area (TPSA) is 90.5 Å². The maximum Gasteiger partial charge on any atom is 0.321 e. The van der Waals surface area contributed by atoms with E-state index in [0.717, 1.165) is 5.56 Å². The highest BCUT2D eigenvalue weighted by molar-refractivity contribution is 5.96. The molecular weight excluding hydrogens is 284 g/mol. The quantitative estimate of drug-likeness (QED) is 0.722. The standard InChI is InChI=1S/C15H22N4O3/c1-4-16-15(22)18-14(21)10-19(3)9-13(20)17-12-7-5-11(2)6-8-12/h5-8H,4,9-10H2,1-3H3,(H,17,20)(H2,16,18,21,22). The number of hydrogen-bond donors (Lipinski definition) is 3. The third-order valence-electron chi connectivity index (χ3n) is 2.75. The summed E-state index contributed by atoms with van der Waals surface area (Å²) in [5.74, 6) is -0.686. The largest absolute Gasteiger partial charge is 0.338 e. The van der Waals surface area contributed by atoms with E-state index in [-0.39, 0.29) is 19.0 Å². The number of benzene rings is 1. The Kier molecular flexibility index (Phi) is 7.04. The molecule has 22 heavy (non-hydrogen) atoms. The SMILES string of the molecule is CCNC(=O)NC(=O)CN(C)CC(=O)Nc1ccc(C)cc1. The lowest BCUT2D eigenvalue weighted by Gasteiger charge is -2.15. The maximum atomic E-state index is 11.9. The van der Waals surface area contributed by atoms with Crippen molar-refractivity contribution < 1.29 is 14.4 Å². The Morgan fingerprint density at radius 3 is 2.23 bits per heavy atom. The molecule has 0 aliphatic rings. The van der Waals surface area contributed by atoms with E-state index in [1.807, 2.05) is 31.2 Å². The fourth-order valence-corrected chi connectivity index (χ4v) is 1.75. The molecule has 0 saturated heterocycles. The molecule has 0 bridgehead atoms. The molecule has 1 aromatic carbocycles. The number of likely N-dealkylation sites (N-methyl/N-ethyl adjacent to an activating group) is 1. The molecule has 3 N–H and O–H groups in total. The number of nitrogens with one attached hydrogen (secondary N) is 3. The van der Waals surface area contributed by atoms with Crippen molar-refractivity contribution in [3.8, 4) is 0 Å². The fraction of sp³-hybridized carbons (Fsp3) is 0.400. The number of rotatable bonds is 6. The van der Waals surface area contributed by atoms with Gasteiger partial charge in [-0.3, -0.25) is 19.8 Å². The first kappa shape index (κ1) is 17.6. The first-order valence-electron chi connectivity index (χ1n) is 7.03. The zero-order valence-electron chi connectivity index (χ0n) is 13.1. The Balaban J connectivity index is 2.36. The van der Waals surface area contributed by atoms with Gasteiger partial charge in [-0.15, -0.1) is 0 Å². The van der Waals surface area contributed by atoms with Gasteiger partial charge >= 0.3 is 6.03 Å². The Labute approximate surface area is 130 Å². The Morgan fingerprint density at radius 2 is 1.64 bits per heavy atom. The normalized spacial score (nSPS) is 10.2. The van der Waals surface area contributed by atoms with Crippen LogP contribution in [-0.4, -0.2) is 49.4 Å². The second kappa shape index (κ2) is 8.78. The van der Waals surface area contributed by atoms with Crippen LogP contribution in [0.5, 0.6) is 0 Å². The Morgan fingerprint density at radius 1 is 1.05 bits per heavy atom. The van der Waals surface area contributed by atoms with Crippen LogP contribution in [0.4, 0.5) is 10.5 Å². The molecule has 0 spiro atoms. The second-order valence-electron chi connectivity index (χ2n) is 4.99. The van der Waals surface area contributed by atoms with Gasteiger partial charge in [-0.1, -0.05) is 17.7 Å². The molecule has 0 aliphatic heterocycles. The molecule has 1 rings (SSSR count). The molecule has 0 aromatic heterocycles. The summed E-state index contributed by atoms with van der Waals surface area (Å²) in [4.78, 5) is 36.1. The van der Waals surface area contributed by atoms with Gasteiger partial charge in [0.2, 0.25) is 11.8 Å². The third-order valence-corrected chi connectivity index (χ3v) is 2.75. The summed E-state index contributed by atoms with van der Waals surface area (Å²) in [5, 5.41) is 7.38. The van der Waals surface area contributed by atoms with Gasteiger partial charge in [0.05, 0.1) is 13.1 Å². The number of imide groups is 1. The summed E-state index contributed by atoms with van der Waals surface area (Å²) >= 11 is 0. The summed E-state index contributed by atoms with van der Waals surface area (Å²) in [5.41, 5.74) is 1.81. The van der Waals surface area contributed by atoms with Crippen LogP contribution in [0.3, 0.4) is 0 Å². The smallest absolute Gasteiger partial charge is 0.321 e. The number of anilines is 1. The van der Waals surface area contributed by atoms with E-state index >= 15 is 0 Å². The van der Waals surface area contributed by atoms with Crippen LogP contribution >= 0.6 is 0 Å². The molecule has 0 unspecified atom stereocenters. The molecule has 0 saturated carbocycles. The van der Waals surface area contributed by atoms with Crippen LogP contribution in [0.15, 0.2) is 24.3 Å². The minimum atomic E-state index is -0.537. The van der Waals surface area contributed by atoms with Gasteiger partial charge in [0.1, 0.15) is 0 Å². The van der Waals surface area contributed by atoms with E-state index in [2.05, 4.69) is 16.0 Å². The number of nitrogens with zero attached hydrogens (tertiary/aromatic N) is 1. The van der Waals surface area contributed by atoms with Gasteiger partial charge in [0.25, 0.3) is 0 Å². The lowest BCUT2D eigenvalue weighted by molar-refractivity contribution is -0.122. The van der Waals surface area contributed by atoms with Gasteiger partial charge in [0.15, 0.2) is 0 Å². The summed E-state index contributed by atoms with van der Waals surface area (Å²) in [6.07, 6.45) is 0. The van der Waals surface area contributed by atoms with Gasteiger partial charge in [-0.05, 0) is 33.0 Å². The zero-order chi connectivity index (χ0) is 16.5. The van der Waals surface area contributed by atoms with Crippen molar-refractivity contribution in [2.45, 2.75) is 13.8 Å². The molecule has 120 valence electrons. The summed E-state index contributed by atoms with van der Waals surface area (Å²) in [6, 6.07) is 6.90. The van der Waals surface area contributed by atoms with Crippen molar-refractivity contribution >= 4 is 23.5 Å². The molecule has 0 radical (unpaired) electrons. The molecule has 0 fully saturated rings. The average molecular weight is 306 g/mol.